The van der Waals surface area contributed by atoms with Crippen LogP contribution in [-0.4, -0.2) is 24.4 Å². The summed E-state index contributed by atoms with van der Waals surface area (Å²) < 4.78 is 5.12. The lowest BCUT2D eigenvalue weighted by Gasteiger charge is -2.18. The highest BCUT2D eigenvalue weighted by Crippen LogP contribution is 2.20. The fourth-order valence-electron chi connectivity index (χ4n) is 2.03. The van der Waals surface area contributed by atoms with Gasteiger partial charge in [0, 0.05) is 19.0 Å². The normalized spacial score (nSPS) is 20.2. The SMILES string of the molecule is COc1ccc(CN2CCC(C)C2=N)cc1. The van der Waals surface area contributed by atoms with Gasteiger partial charge in [-0.05, 0) is 24.1 Å². The van der Waals surface area contributed by atoms with Crippen LogP contribution in [0.25, 0.3) is 0 Å². The van der Waals surface area contributed by atoms with Crippen molar-refractivity contribution in [3.05, 3.63) is 29.8 Å². The zero-order valence-electron chi connectivity index (χ0n) is 9.86. The van der Waals surface area contributed by atoms with Crippen LogP contribution in [0.1, 0.15) is 18.9 Å². The Kier molecular flexibility index (Phi) is 3.13. The number of likely N-dealkylation sites (tertiary alicyclic amines) is 1. The van der Waals surface area contributed by atoms with E-state index in [0.717, 1.165) is 31.1 Å². The number of nitrogens with zero attached hydrogens (tertiary/aromatic N) is 1. The molecule has 0 saturated carbocycles. The number of methoxy groups -OCH3 is 1. The van der Waals surface area contributed by atoms with Crippen molar-refractivity contribution in [2.75, 3.05) is 13.7 Å². The molecule has 0 bridgehead atoms. The summed E-state index contributed by atoms with van der Waals surface area (Å²) in [5.41, 5.74) is 1.24. The average Bonchev–Trinajstić information content (AvgIpc) is 2.62. The van der Waals surface area contributed by atoms with Gasteiger partial charge in [0.1, 0.15) is 5.75 Å². The minimum absolute atomic E-state index is 0.415. The summed E-state index contributed by atoms with van der Waals surface area (Å²) in [6.07, 6.45) is 1.11. The van der Waals surface area contributed by atoms with E-state index in [-0.39, 0.29) is 0 Å². The highest BCUT2D eigenvalue weighted by Gasteiger charge is 2.23. The van der Waals surface area contributed by atoms with Crippen LogP contribution in [0.4, 0.5) is 0 Å². The number of ether oxygens (including phenoxy) is 1. The molecule has 0 amide bonds. The van der Waals surface area contributed by atoms with Gasteiger partial charge in [-0.15, -0.1) is 0 Å². The number of hydrogen-bond acceptors (Lipinski definition) is 2. The van der Waals surface area contributed by atoms with Gasteiger partial charge in [0.25, 0.3) is 0 Å². The smallest absolute Gasteiger partial charge is 0.118 e. The molecule has 2 rings (SSSR count). The van der Waals surface area contributed by atoms with Crippen molar-refractivity contribution in [3.8, 4) is 5.75 Å². The maximum atomic E-state index is 7.94. The highest BCUT2D eigenvalue weighted by molar-refractivity contribution is 5.83. The number of rotatable bonds is 3. The van der Waals surface area contributed by atoms with Crippen LogP contribution in [0.15, 0.2) is 24.3 Å². The Morgan fingerprint density at radius 1 is 1.38 bits per heavy atom. The third-order valence-corrected chi connectivity index (χ3v) is 3.17. The fourth-order valence-corrected chi connectivity index (χ4v) is 2.03. The van der Waals surface area contributed by atoms with E-state index >= 15 is 0 Å². The summed E-state index contributed by atoms with van der Waals surface area (Å²) in [6.45, 7) is 3.97. The first kappa shape index (κ1) is 11.0. The Hall–Kier alpha value is -1.51. The summed E-state index contributed by atoms with van der Waals surface area (Å²) in [6, 6.07) is 8.07. The van der Waals surface area contributed by atoms with E-state index in [9.17, 15) is 0 Å². The minimum atomic E-state index is 0.415. The molecule has 0 aliphatic carbocycles. The summed E-state index contributed by atoms with van der Waals surface area (Å²) in [7, 11) is 1.67. The van der Waals surface area contributed by atoms with Gasteiger partial charge in [-0.25, -0.2) is 0 Å². The summed E-state index contributed by atoms with van der Waals surface area (Å²) in [4.78, 5) is 2.15. The van der Waals surface area contributed by atoms with Crippen LogP contribution in [0.3, 0.4) is 0 Å². The van der Waals surface area contributed by atoms with Crippen molar-refractivity contribution in [3.63, 3.8) is 0 Å². The van der Waals surface area contributed by atoms with Crippen molar-refractivity contribution in [1.82, 2.24) is 4.90 Å². The molecule has 86 valence electrons. The second-order valence-corrected chi connectivity index (χ2v) is 4.34. The molecule has 3 nitrogen and oxygen atoms in total. The van der Waals surface area contributed by atoms with Gasteiger partial charge < -0.3 is 9.64 Å². The van der Waals surface area contributed by atoms with Gasteiger partial charge >= 0.3 is 0 Å². The second-order valence-electron chi connectivity index (χ2n) is 4.34. The van der Waals surface area contributed by atoms with Gasteiger partial charge in [-0.2, -0.15) is 0 Å². The number of nitrogens with one attached hydrogen (secondary N) is 1. The van der Waals surface area contributed by atoms with Crippen molar-refractivity contribution in [2.45, 2.75) is 19.9 Å². The lowest BCUT2D eigenvalue weighted by molar-refractivity contribution is 0.413. The molecule has 1 fully saturated rings. The Balaban J connectivity index is 2.01. The highest BCUT2D eigenvalue weighted by atomic mass is 16.5. The standard InChI is InChI=1S/C13H18N2O/c1-10-7-8-15(13(10)14)9-11-3-5-12(16-2)6-4-11/h3-6,10,14H,7-9H2,1-2H3. The summed E-state index contributed by atoms with van der Waals surface area (Å²) >= 11 is 0. The zero-order valence-corrected chi connectivity index (χ0v) is 9.86. The number of hydrogen-bond donors (Lipinski definition) is 1. The first-order valence-electron chi connectivity index (χ1n) is 5.67. The van der Waals surface area contributed by atoms with Gasteiger partial charge in [-0.3, -0.25) is 5.41 Å². The zero-order chi connectivity index (χ0) is 11.5. The molecule has 0 spiro atoms. The molecule has 1 aromatic rings. The van der Waals surface area contributed by atoms with E-state index in [1.54, 1.807) is 7.11 Å². The van der Waals surface area contributed by atoms with Gasteiger partial charge in [0.15, 0.2) is 0 Å². The van der Waals surface area contributed by atoms with Crippen LogP contribution in [0.2, 0.25) is 0 Å². The lowest BCUT2D eigenvalue weighted by Crippen LogP contribution is -2.25. The van der Waals surface area contributed by atoms with Crippen molar-refractivity contribution in [2.24, 2.45) is 5.92 Å². The third-order valence-electron chi connectivity index (χ3n) is 3.17. The molecule has 1 aliphatic rings. The minimum Gasteiger partial charge on any atom is -0.497 e. The largest absolute Gasteiger partial charge is 0.497 e. The molecule has 3 heteroatoms. The molecule has 1 aliphatic heterocycles. The number of benzene rings is 1. The Morgan fingerprint density at radius 3 is 2.56 bits per heavy atom. The monoisotopic (exact) mass is 218 g/mol. The van der Waals surface area contributed by atoms with Crippen LogP contribution in [0.5, 0.6) is 5.75 Å². The van der Waals surface area contributed by atoms with E-state index in [2.05, 4.69) is 24.0 Å². The van der Waals surface area contributed by atoms with Crippen LogP contribution in [0, 0.1) is 11.3 Å². The van der Waals surface area contributed by atoms with Gasteiger partial charge in [0.2, 0.25) is 0 Å². The molecular weight excluding hydrogens is 200 g/mol. The van der Waals surface area contributed by atoms with E-state index in [0.29, 0.717) is 5.92 Å². The van der Waals surface area contributed by atoms with E-state index in [4.69, 9.17) is 10.1 Å². The summed E-state index contributed by atoms with van der Waals surface area (Å²) in [5.74, 6) is 2.07. The average molecular weight is 218 g/mol. The maximum Gasteiger partial charge on any atom is 0.118 e. The number of amidine groups is 1. The van der Waals surface area contributed by atoms with Crippen LogP contribution < -0.4 is 4.74 Å². The first-order valence-corrected chi connectivity index (χ1v) is 5.67. The van der Waals surface area contributed by atoms with Crippen LogP contribution >= 0.6 is 0 Å². The van der Waals surface area contributed by atoms with Crippen LogP contribution in [-0.2, 0) is 6.54 Å². The summed E-state index contributed by atoms with van der Waals surface area (Å²) in [5, 5.41) is 7.94. The van der Waals surface area contributed by atoms with Gasteiger partial charge in [0.05, 0.1) is 12.9 Å². The van der Waals surface area contributed by atoms with Crippen molar-refractivity contribution < 1.29 is 4.74 Å². The third kappa shape index (κ3) is 2.18. The van der Waals surface area contributed by atoms with Crippen molar-refractivity contribution in [1.29, 1.82) is 5.41 Å². The molecule has 0 aromatic heterocycles. The molecule has 1 heterocycles. The molecule has 16 heavy (non-hydrogen) atoms. The molecule has 0 radical (unpaired) electrons. The molecule has 1 saturated heterocycles. The maximum absolute atomic E-state index is 7.94. The lowest BCUT2D eigenvalue weighted by atomic mass is 10.1. The Labute approximate surface area is 96.5 Å². The predicted octanol–water partition coefficient (Wildman–Crippen LogP) is 2.51. The quantitative estimate of drug-likeness (QED) is 0.846. The van der Waals surface area contributed by atoms with E-state index in [1.165, 1.54) is 5.56 Å². The van der Waals surface area contributed by atoms with Crippen molar-refractivity contribution >= 4 is 5.84 Å². The Morgan fingerprint density at radius 2 is 2.06 bits per heavy atom. The molecule has 1 aromatic carbocycles. The predicted molar refractivity (Wildman–Crippen MR) is 64.9 cm³/mol. The molecular formula is C13H18N2O. The topological polar surface area (TPSA) is 36.3 Å². The van der Waals surface area contributed by atoms with Gasteiger partial charge in [-0.1, -0.05) is 19.1 Å². The first-order chi connectivity index (χ1) is 7.70. The Bertz CT molecular complexity index is 372. The fraction of sp³-hybridized carbons (Fsp3) is 0.462. The van der Waals surface area contributed by atoms with E-state index in [1.807, 2.05) is 12.1 Å². The second kappa shape index (κ2) is 4.56. The molecule has 1 atom stereocenters. The molecule has 1 unspecified atom stereocenters. The van der Waals surface area contributed by atoms with E-state index < -0.39 is 0 Å². The molecule has 1 N–H and O–H groups in total.